The Morgan fingerprint density at radius 3 is 2.55 bits per heavy atom. The van der Waals surface area contributed by atoms with Crippen LogP contribution in [0.15, 0.2) is 36.4 Å². The minimum atomic E-state index is -0.108. The number of carbonyl (C=O) groups is 2. The molecule has 3 heteroatoms. The van der Waals surface area contributed by atoms with Gasteiger partial charge in [0.2, 0.25) is 0 Å². The number of fused-ring (bicyclic) bond motifs is 1. The van der Waals surface area contributed by atoms with Gasteiger partial charge in [0.15, 0.2) is 0 Å². The number of amides is 1. The van der Waals surface area contributed by atoms with Gasteiger partial charge in [-0.1, -0.05) is 12.1 Å². The zero-order chi connectivity index (χ0) is 15.7. The van der Waals surface area contributed by atoms with Crippen LogP contribution in [0, 0.1) is 13.8 Å². The molecule has 3 rings (SSSR count). The zero-order valence-electron chi connectivity index (χ0n) is 12.9. The molecule has 0 atom stereocenters. The average Bonchev–Trinajstić information content (AvgIpc) is 2.50. The van der Waals surface area contributed by atoms with E-state index in [4.69, 9.17) is 0 Å². The Bertz CT molecular complexity index is 762. The summed E-state index contributed by atoms with van der Waals surface area (Å²) in [5, 5.41) is 2.94. The van der Waals surface area contributed by atoms with E-state index < -0.39 is 0 Å². The maximum absolute atomic E-state index is 12.4. The van der Waals surface area contributed by atoms with Gasteiger partial charge in [-0.25, -0.2) is 0 Å². The van der Waals surface area contributed by atoms with Crippen LogP contribution in [0.2, 0.25) is 0 Å². The van der Waals surface area contributed by atoms with E-state index in [0.29, 0.717) is 18.4 Å². The Labute approximate surface area is 130 Å². The first-order valence-electron chi connectivity index (χ1n) is 7.55. The fraction of sp³-hybridized carbons (Fsp3) is 0.263. The highest BCUT2D eigenvalue weighted by Gasteiger charge is 2.17. The molecule has 1 aliphatic rings. The smallest absolute Gasteiger partial charge is 0.255 e. The number of hydrogen-bond donors (Lipinski definition) is 1. The summed E-state index contributed by atoms with van der Waals surface area (Å²) in [6, 6.07) is 11.5. The predicted octanol–water partition coefficient (Wildman–Crippen LogP) is 3.61. The lowest BCUT2D eigenvalue weighted by atomic mass is 9.89. The molecule has 2 aromatic carbocycles. The highest BCUT2D eigenvalue weighted by Crippen LogP contribution is 2.21. The largest absolute Gasteiger partial charge is 0.322 e. The van der Waals surface area contributed by atoms with E-state index in [1.54, 1.807) is 6.07 Å². The van der Waals surface area contributed by atoms with E-state index in [2.05, 4.69) is 5.32 Å². The molecule has 0 aromatic heterocycles. The summed E-state index contributed by atoms with van der Waals surface area (Å²) in [5.41, 5.74) is 5.98. The topological polar surface area (TPSA) is 46.2 Å². The Balaban J connectivity index is 1.80. The first kappa shape index (κ1) is 14.5. The number of ketones is 1. The van der Waals surface area contributed by atoms with Gasteiger partial charge >= 0.3 is 0 Å². The standard InChI is InChI=1S/C19H19NO2/c1-12-3-7-17(9-13(12)2)20-19(22)16-5-4-15-11-18(21)8-6-14(15)10-16/h3-5,7,9-10H,6,8,11H2,1-2H3,(H,20,22). The van der Waals surface area contributed by atoms with Gasteiger partial charge in [-0.15, -0.1) is 0 Å². The van der Waals surface area contributed by atoms with Gasteiger partial charge in [0, 0.05) is 24.1 Å². The van der Waals surface area contributed by atoms with Crippen molar-refractivity contribution in [3.63, 3.8) is 0 Å². The van der Waals surface area contributed by atoms with Crippen LogP contribution in [0.4, 0.5) is 5.69 Å². The maximum atomic E-state index is 12.4. The number of aryl methyl sites for hydroxylation is 3. The molecule has 0 radical (unpaired) electrons. The van der Waals surface area contributed by atoms with Gasteiger partial charge in [0.25, 0.3) is 5.91 Å². The molecular weight excluding hydrogens is 274 g/mol. The Morgan fingerprint density at radius 1 is 0.955 bits per heavy atom. The van der Waals surface area contributed by atoms with E-state index in [0.717, 1.165) is 28.8 Å². The van der Waals surface area contributed by atoms with E-state index >= 15 is 0 Å². The van der Waals surface area contributed by atoms with Gasteiger partial charge in [0.05, 0.1) is 0 Å². The van der Waals surface area contributed by atoms with Crippen LogP contribution in [0.1, 0.15) is 39.0 Å². The average molecular weight is 293 g/mol. The van der Waals surface area contributed by atoms with Gasteiger partial charge in [-0.3, -0.25) is 9.59 Å². The molecule has 22 heavy (non-hydrogen) atoms. The highest BCUT2D eigenvalue weighted by molar-refractivity contribution is 6.04. The number of Topliss-reactive ketones (excluding diaryl/α,β-unsaturated/α-hetero) is 1. The summed E-state index contributed by atoms with van der Waals surface area (Å²) in [5.74, 6) is 0.169. The fourth-order valence-corrected chi connectivity index (χ4v) is 2.77. The molecule has 0 aliphatic heterocycles. The van der Waals surface area contributed by atoms with E-state index in [-0.39, 0.29) is 11.7 Å². The molecule has 0 saturated carbocycles. The third-order valence-corrected chi connectivity index (χ3v) is 4.29. The molecule has 1 amide bonds. The van der Waals surface area contributed by atoms with Gasteiger partial charge in [-0.05, 0) is 66.8 Å². The number of benzene rings is 2. The first-order valence-corrected chi connectivity index (χ1v) is 7.55. The molecule has 0 spiro atoms. The number of nitrogens with one attached hydrogen (secondary N) is 1. The monoisotopic (exact) mass is 293 g/mol. The van der Waals surface area contributed by atoms with Gasteiger partial charge in [0.1, 0.15) is 5.78 Å². The molecule has 3 nitrogen and oxygen atoms in total. The fourth-order valence-electron chi connectivity index (χ4n) is 2.77. The Kier molecular flexibility index (Phi) is 3.80. The molecule has 0 fully saturated rings. The van der Waals surface area contributed by atoms with Crippen LogP contribution >= 0.6 is 0 Å². The van der Waals surface area contributed by atoms with Crippen molar-refractivity contribution >= 4 is 17.4 Å². The van der Waals surface area contributed by atoms with Crippen molar-refractivity contribution in [1.82, 2.24) is 0 Å². The van der Waals surface area contributed by atoms with E-state index in [1.807, 2.05) is 44.2 Å². The van der Waals surface area contributed by atoms with Crippen LogP contribution < -0.4 is 5.32 Å². The summed E-state index contributed by atoms with van der Waals surface area (Å²) in [4.78, 5) is 23.8. The van der Waals surface area contributed by atoms with Crippen molar-refractivity contribution in [1.29, 1.82) is 0 Å². The van der Waals surface area contributed by atoms with E-state index in [1.165, 1.54) is 5.56 Å². The lowest BCUT2D eigenvalue weighted by Crippen LogP contribution is -2.16. The number of hydrogen-bond acceptors (Lipinski definition) is 2. The van der Waals surface area contributed by atoms with Crippen molar-refractivity contribution in [2.24, 2.45) is 0 Å². The molecule has 112 valence electrons. The second-order valence-electron chi connectivity index (χ2n) is 5.95. The van der Waals surface area contributed by atoms with Crippen LogP contribution in [-0.2, 0) is 17.6 Å². The lowest BCUT2D eigenvalue weighted by Gasteiger charge is -2.16. The summed E-state index contributed by atoms with van der Waals surface area (Å²) < 4.78 is 0. The van der Waals surface area contributed by atoms with Crippen LogP contribution in [-0.4, -0.2) is 11.7 Å². The van der Waals surface area contributed by atoms with Crippen molar-refractivity contribution in [3.8, 4) is 0 Å². The molecular formula is C19H19NO2. The molecule has 0 unspecified atom stereocenters. The Morgan fingerprint density at radius 2 is 1.77 bits per heavy atom. The lowest BCUT2D eigenvalue weighted by molar-refractivity contribution is -0.118. The summed E-state index contributed by atoms with van der Waals surface area (Å²) in [6.07, 6.45) is 1.81. The zero-order valence-corrected chi connectivity index (χ0v) is 12.9. The van der Waals surface area contributed by atoms with Gasteiger partial charge < -0.3 is 5.32 Å². The van der Waals surface area contributed by atoms with Crippen molar-refractivity contribution in [2.75, 3.05) is 5.32 Å². The highest BCUT2D eigenvalue weighted by atomic mass is 16.1. The number of carbonyl (C=O) groups excluding carboxylic acids is 2. The minimum absolute atomic E-state index is 0.108. The quantitative estimate of drug-likeness (QED) is 0.919. The van der Waals surface area contributed by atoms with Gasteiger partial charge in [-0.2, -0.15) is 0 Å². The number of anilines is 1. The Hall–Kier alpha value is -2.42. The second kappa shape index (κ2) is 5.76. The molecule has 2 aromatic rings. The SMILES string of the molecule is Cc1ccc(NC(=O)c2ccc3c(c2)CCC(=O)C3)cc1C. The molecule has 0 heterocycles. The van der Waals surface area contributed by atoms with Crippen LogP contribution in [0.3, 0.4) is 0 Å². The van der Waals surface area contributed by atoms with Crippen LogP contribution in [0.25, 0.3) is 0 Å². The second-order valence-corrected chi connectivity index (χ2v) is 5.95. The van der Waals surface area contributed by atoms with Crippen LogP contribution in [0.5, 0.6) is 0 Å². The van der Waals surface area contributed by atoms with Crippen molar-refractivity contribution < 1.29 is 9.59 Å². The molecule has 0 bridgehead atoms. The first-order chi connectivity index (χ1) is 10.5. The predicted molar refractivity (Wildman–Crippen MR) is 87.3 cm³/mol. The molecule has 1 aliphatic carbocycles. The molecule has 1 N–H and O–H groups in total. The summed E-state index contributed by atoms with van der Waals surface area (Å²) in [7, 11) is 0. The van der Waals surface area contributed by atoms with Crippen molar-refractivity contribution in [2.45, 2.75) is 33.1 Å². The summed E-state index contributed by atoms with van der Waals surface area (Å²) >= 11 is 0. The summed E-state index contributed by atoms with van der Waals surface area (Å²) in [6.45, 7) is 4.08. The van der Waals surface area contributed by atoms with E-state index in [9.17, 15) is 9.59 Å². The number of rotatable bonds is 2. The molecule has 0 saturated heterocycles. The normalized spacial score (nSPS) is 13.6. The third-order valence-electron chi connectivity index (χ3n) is 4.29. The maximum Gasteiger partial charge on any atom is 0.255 e. The third kappa shape index (κ3) is 2.93. The minimum Gasteiger partial charge on any atom is -0.322 e. The van der Waals surface area contributed by atoms with Crippen molar-refractivity contribution in [3.05, 3.63) is 64.2 Å².